The quantitative estimate of drug-likeness (QED) is 0.555. The lowest BCUT2D eigenvalue weighted by Crippen LogP contribution is -2.41. The Balaban J connectivity index is 1.54. The zero-order valence-corrected chi connectivity index (χ0v) is 15.4. The predicted molar refractivity (Wildman–Crippen MR) is 102 cm³/mol. The molecule has 0 aliphatic carbocycles. The van der Waals surface area contributed by atoms with Crippen LogP contribution in [-0.2, 0) is 24.2 Å². The van der Waals surface area contributed by atoms with E-state index in [1.807, 2.05) is 18.2 Å². The number of hydrogen-bond acceptors (Lipinski definition) is 4. The van der Waals surface area contributed by atoms with Gasteiger partial charge in [-0.15, -0.1) is 10.2 Å². The summed E-state index contributed by atoms with van der Waals surface area (Å²) in [6.07, 6.45) is 3.78. The van der Waals surface area contributed by atoms with Crippen LogP contribution >= 0.6 is 0 Å². The molecule has 0 spiro atoms. The van der Waals surface area contributed by atoms with Crippen molar-refractivity contribution in [3.63, 3.8) is 0 Å². The van der Waals surface area contributed by atoms with Crippen LogP contribution in [0.4, 0.5) is 0 Å². The minimum absolute atomic E-state index is 0.559. The number of aryl methyl sites for hydroxylation is 1. The number of benzene rings is 1. The molecule has 1 aromatic carbocycles. The summed E-state index contributed by atoms with van der Waals surface area (Å²) in [5, 5.41) is 15.0. The second-order valence-electron chi connectivity index (χ2n) is 6.48. The fourth-order valence-electron chi connectivity index (χ4n) is 2.95. The van der Waals surface area contributed by atoms with E-state index in [4.69, 9.17) is 9.73 Å². The number of aromatic nitrogens is 3. The van der Waals surface area contributed by atoms with E-state index in [9.17, 15) is 0 Å². The summed E-state index contributed by atoms with van der Waals surface area (Å²) in [6, 6.07) is 10.3. The van der Waals surface area contributed by atoms with Crippen molar-refractivity contribution in [1.29, 1.82) is 0 Å². The third kappa shape index (κ3) is 5.56. The van der Waals surface area contributed by atoms with Crippen molar-refractivity contribution in [2.45, 2.75) is 32.9 Å². The molecule has 1 aliphatic rings. The molecule has 1 fully saturated rings. The number of rotatable bonds is 8. The zero-order valence-electron chi connectivity index (χ0n) is 15.4. The summed E-state index contributed by atoms with van der Waals surface area (Å²) in [5.41, 5.74) is 1.20. The van der Waals surface area contributed by atoms with Crippen molar-refractivity contribution >= 4 is 5.96 Å². The number of nitrogens with one attached hydrogen (secondary N) is 2. The lowest BCUT2D eigenvalue weighted by Gasteiger charge is -2.15. The monoisotopic (exact) mass is 356 g/mol. The van der Waals surface area contributed by atoms with Gasteiger partial charge < -0.3 is 19.9 Å². The molecule has 2 aromatic rings. The van der Waals surface area contributed by atoms with Crippen molar-refractivity contribution in [3.05, 3.63) is 48.0 Å². The highest BCUT2D eigenvalue weighted by atomic mass is 16.5. The van der Waals surface area contributed by atoms with Crippen LogP contribution in [0, 0.1) is 5.92 Å². The predicted octanol–water partition coefficient (Wildman–Crippen LogP) is 1.61. The van der Waals surface area contributed by atoms with E-state index in [2.05, 4.69) is 44.5 Å². The van der Waals surface area contributed by atoms with Crippen LogP contribution in [0.2, 0.25) is 0 Å². The second kappa shape index (κ2) is 9.91. The maximum absolute atomic E-state index is 5.46. The minimum atomic E-state index is 0.559. The van der Waals surface area contributed by atoms with E-state index in [1.165, 1.54) is 5.56 Å². The molecule has 0 saturated carbocycles. The Labute approximate surface area is 154 Å². The number of guanidine groups is 1. The van der Waals surface area contributed by atoms with Crippen LogP contribution in [0.3, 0.4) is 0 Å². The van der Waals surface area contributed by atoms with E-state index in [0.717, 1.165) is 57.5 Å². The Morgan fingerprint density at radius 1 is 1.31 bits per heavy atom. The standard InChI is InChI=1S/C19H28N6O/c1-2-18-24-23-15-25(18)10-9-20-19(22-13-17-8-11-26-14-17)21-12-16-6-4-3-5-7-16/h3-7,15,17H,2,8-14H2,1H3,(H2,20,21,22). The molecular weight excluding hydrogens is 328 g/mol. The average Bonchev–Trinajstić information content (AvgIpc) is 3.36. The molecule has 1 atom stereocenters. The number of aliphatic imine (C=N–C) groups is 1. The molecule has 0 amide bonds. The van der Waals surface area contributed by atoms with Crippen molar-refractivity contribution in [2.24, 2.45) is 10.9 Å². The maximum atomic E-state index is 5.46. The first kappa shape index (κ1) is 18.4. The van der Waals surface area contributed by atoms with Gasteiger partial charge in [0, 0.05) is 38.6 Å². The van der Waals surface area contributed by atoms with E-state index in [0.29, 0.717) is 12.5 Å². The van der Waals surface area contributed by atoms with Gasteiger partial charge >= 0.3 is 0 Å². The topological polar surface area (TPSA) is 76.4 Å². The highest BCUT2D eigenvalue weighted by Gasteiger charge is 2.15. The summed E-state index contributed by atoms with van der Waals surface area (Å²) >= 11 is 0. The molecule has 0 bridgehead atoms. The molecule has 2 N–H and O–H groups in total. The Kier molecular flexibility index (Phi) is 7.01. The van der Waals surface area contributed by atoms with Crippen LogP contribution in [0.15, 0.2) is 41.7 Å². The van der Waals surface area contributed by atoms with Gasteiger partial charge in [0.2, 0.25) is 0 Å². The second-order valence-corrected chi connectivity index (χ2v) is 6.48. The molecule has 0 radical (unpaired) electrons. The summed E-state index contributed by atoms with van der Waals surface area (Å²) in [4.78, 5) is 4.73. The van der Waals surface area contributed by atoms with Crippen LogP contribution in [0.5, 0.6) is 0 Å². The van der Waals surface area contributed by atoms with Crippen molar-refractivity contribution in [2.75, 3.05) is 26.3 Å². The van der Waals surface area contributed by atoms with E-state index >= 15 is 0 Å². The Bertz CT molecular complexity index is 678. The lowest BCUT2D eigenvalue weighted by molar-refractivity contribution is 0.186. The molecule has 3 rings (SSSR count). The number of hydrogen-bond donors (Lipinski definition) is 2. The molecule has 1 unspecified atom stereocenters. The molecule has 26 heavy (non-hydrogen) atoms. The van der Waals surface area contributed by atoms with Crippen LogP contribution in [-0.4, -0.2) is 47.0 Å². The molecule has 1 aliphatic heterocycles. The maximum Gasteiger partial charge on any atom is 0.191 e. The Morgan fingerprint density at radius 3 is 2.96 bits per heavy atom. The summed E-state index contributed by atoms with van der Waals surface area (Å²) in [5.74, 6) is 2.40. The molecular formula is C19H28N6O. The van der Waals surface area contributed by atoms with Gasteiger partial charge in [-0.05, 0) is 12.0 Å². The van der Waals surface area contributed by atoms with Gasteiger partial charge in [0.15, 0.2) is 5.96 Å². The van der Waals surface area contributed by atoms with E-state index in [-0.39, 0.29) is 0 Å². The highest BCUT2D eigenvalue weighted by molar-refractivity contribution is 5.79. The third-order valence-corrected chi connectivity index (χ3v) is 4.50. The summed E-state index contributed by atoms with van der Waals surface area (Å²) in [7, 11) is 0. The van der Waals surface area contributed by atoms with Crippen LogP contribution in [0.25, 0.3) is 0 Å². The highest BCUT2D eigenvalue weighted by Crippen LogP contribution is 2.10. The minimum Gasteiger partial charge on any atom is -0.381 e. The van der Waals surface area contributed by atoms with E-state index < -0.39 is 0 Å². The molecule has 1 aromatic heterocycles. The first-order chi connectivity index (χ1) is 12.8. The summed E-state index contributed by atoms with van der Waals surface area (Å²) < 4.78 is 7.53. The SMILES string of the molecule is CCc1nncn1CCNC(=NCc1ccccc1)NCC1CCOC1. The Hall–Kier alpha value is -2.41. The largest absolute Gasteiger partial charge is 0.381 e. The lowest BCUT2D eigenvalue weighted by atomic mass is 10.1. The number of ether oxygens (including phenoxy) is 1. The molecule has 140 valence electrons. The fraction of sp³-hybridized carbons (Fsp3) is 0.526. The third-order valence-electron chi connectivity index (χ3n) is 4.50. The molecule has 1 saturated heterocycles. The van der Waals surface area contributed by atoms with Gasteiger partial charge in [0.05, 0.1) is 13.2 Å². The molecule has 7 nitrogen and oxygen atoms in total. The average molecular weight is 356 g/mol. The molecule has 2 heterocycles. The van der Waals surface area contributed by atoms with Crippen LogP contribution < -0.4 is 10.6 Å². The van der Waals surface area contributed by atoms with E-state index in [1.54, 1.807) is 6.33 Å². The van der Waals surface area contributed by atoms with Gasteiger partial charge in [-0.25, -0.2) is 4.99 Å². The van der Waals surface area contributed by atoms with Gasteiger partial charge in [0.1, 0.15) is 12.2 Å². The zero-order chi connectivity index (χ0) is 18.0. The first-order valence-electron chi connectivity index (χ1n) is 9.35. The van der Waals surface area contributed by atoms with Crippen molar-refractivity contribution in [1.82, 2.24) is 25.4 Å². The molecule has 7 heteroatoms. The van der Waals surface area contributed by atoms with Gasteiger partial charge in [-0.2, -0.15) is 0 Å². The van der Waals surface area contributed by atoms with Crippen LogP contribution in [0.1, 0.15) is 24.7 Å². The van der Waals surface area contributed by atoms with Crippen molar-refractivity contribution in [3.8, 4) is 0 Å². The Morgan fingerprint density at radius 2 is 2.19 bits per heavy atom. The fourth-order valence-corrected chi connectivity index (χ4v) is 2.95. The first-order valence-corrected chi connectivity index (χ1v) is 9.35. The van der Waals surface area contributed by atoms with Crippen molar-refractivity contribution < 1.29 is 4.74 Å². The normalized spacial score (nSPS) is 17.4. The van der Waals surface area contributed by atoms with Gasteiger partial charge in [-0.1, -0.05) is 37.3 Å². The number of nitrogens with zero attached hydrogens (tertiary/aromatic N) is 4. The summed E-state index contributed by atoms with van der Waals surface area (Å²) in [6.45, 7) is 6.91. The smallest absolute Gasteiger partial charge is 0.191 e. The van der Waals surface area contributed by atoms with Gasteiger partial charge in [0.25, 0.3) is 0 Å². The van der Waals surface area contributed by atoms with Gasteiger partial charge in [-0.3, -0.25) is 0 Å².